The van der Waals surface area contributed by atoms with Gasteiger partial charge in [0.2, 0.25) is 11.7 Å². The van der Waals surface area contributed by atoms with E-state index in [4.69, 9.17) is 18.9 Å². The normalized spacial score (nSPS) is 19.6. The molecule has 8 heteroatoms. The molecule has 0 bridgehead atoms. The lowest BCUT2D eigenvalue weighted by Gasteiger charge is -2.39. The van der Waals surface area contributed by atoms with Crippen LogP contribution >= 0.6 is 0 Å². The zero-order valence-electron chi connectivity index (χ0n) is 21.0. The first-order valence-corrected chi connectivity index (χ1v) is 12.6. The highest BCUT2D eigenvalue weighted by Crippen LogP contribution is 2.44. The standard InChI is InChI=1S/C27H39NO7/c1-4-14-34-15-16-35-27(31)21-12-8-9-13-28(21)26(30)24(19-10-6-5-7-11-19)20-17-22(29)25(33-3)23(18-20)32-2/h4,17-19,21,24,29H,1,5-16H2,2-3H3/t21-,24-/m0/s1. The van der Waals surface area contributed by atoms with Gasteiger partial charge in [0.1, 0.15) is 12.6 Å². The molecule has 1 N–H and O–H groups in total. The van der Waals surface area contributed by atoms with Gasteiger partial charge in [-0.05, 0) is 55.7 Å². The molecule has 3 rings (SSSR count). The summed E-state index contributed by atoms with van der Waals surface area (Å²) in [5.41, 5.74) is 0.688. The van der Waals surface area contributed by atoms with Crippen molar-refractivity contribution in [3.05, 3.63) is 30.4 Å². The van der Waals surface area contributed by atoms with E-state index in [9.17, 15) is 14.7 Å². The minimum atomic E-state index is -0.615. The SMILES string of the molecule is C=CCOCCOC(=O)[C@@H]1CCCCN1C(=O)[C@H](c1cc(O)c(OC)c(OC)c1)C1CCCCC1. The molecule has 2 atom stereocenters. The highest BCUT2D eigenvalue weighted by molar-refractivity contribution is 5.89. The van der Waals surface area contributed by atoms with E-state index in [1.807, 2.05) is 0 Å². The number of rotatable bonds is 11. The maximum absolute atomic E-state index is 14.1. The molecule has 1 aliphatic heterocycles. The van der Waals surface area contributed by atoms with Crippen molar-refractivity contribution in [2.45, 2.75) is 63.3 Å². The molecule has 0 radical (unpaired) electrons. The number of aromatic hydroxyl groups is 1. The number of hydrogen-bond donors (Lipinski definition) is 1. The monoisotopic (exact) mass is 489 g/mol. The molecule has 1 amide bonds. The summed E-state index contributed by atoms with van der Waals surface area (Å²) in [6, 6.07) is 2.77. The van der Waals surface area contributed by atoms with Crippen LogP contribution in [0.3, 0.4) is 0 Å². The summed E-state index contributed by atoms with van der Waals surface area (Å²) in [7, 11) is 2.97. The van der Waals surface area contributed by atoms with E-state index in [0.717, 1.165) is 44.9 Å². The summed E-state index contributed by atoms with van der Waals surface area (Å²) in [5, 5.41) is 10.6. The first kappa shape index (κ1) is 26.9. The number of likely N-dealkylation sites (tertiary alicyclic amines) is 1. The molecule has 0 spiro atoms. The maximum Gasteiger partial charge on any atom is 0.328 e. The number of amides is 1. The van der Waals surface area contributed by atoms with Crippen LogP contribution in [-0.2, 0) is 19.1 Å². The molecule has 35 heavy (non-hydrogen) atoms. The van der Waals surface area contributed by atoms with Crippen LogP contribution in [0, 0.1) is 5.92 Å². The van der Waals surface area contributed by atoms with Crippen LogP contribution in [-0.4, -0.2) is 68.5 Å². The number of esters is 1. The predicted molar refractivity (Wildman–Crippen MR) is 132 cm³/mol. The Balaban J connectivity index is 1.86. The topological polar surface area (TPSA) is 94.5 Å². The zero-order valence-corrected chi connectivity index (χ0v) is 21.0. The minimum absolute atomic E-state index is 0.0652. The summed E-state index contributed by atoms with van der Waals surface area (Å²) in [6.45, 7) is 4.92. The van der Waals surface area contributed by atoms with Crippen molar-refractivity contribution in [1.29, 1.82) is 0 Å². The number of nitrogens with zero attached hydrogens (tertiary/aromatic N) is 1. The Morgan fingerprint density at radius 1 is 1.09 bits per heavy atom. The lowest BCUT2D eigenvalue weighted by atomic mass is 9.75. The van der Waals surface area contributed by atoms with Gasteiger partial charge < -0.3 is 29.0 Å². The first-order valence-electron chi connectivity index (χ1n) is 12.6. The highest BCUT2D eigenvalue weighted by atomic mass is 16.6. The Morgan fingerprint density at radius 2 is 1.83 bits per heavy atom. The summed E-state index contributed by atoms with van der Waals surface area (Å²) in [4.78, 5) is 28.8. The molecule has 1 saturated carbocycles. The van der Waals surface area contributed by atoms with Crippen molar-refractivity contribution in [3.8, 4) is 17.2 Å². The molecule has 2 aliphatic rings. The smallest absolute Gasteiger partial charge is 0.328 e. The number of benzene rings is 1. The summed E-state index contributed by atoms with van der Waals surface area (Å²) >= 11 is 0. The molecule has 0 unspecified atom stereocenters. The predicted octanol–water partition coefficient (Wildman–Crippen LogP) is 4.20. The van der Waals surface area contributed by atoms with Gasteiger partial charge in [0.25, 0.3) is 0 Å². The van der Waals surface area contributed by atoms with Crippen LogP contribution in [0.1, 0.15) is 62.8 Å². The third-order valence-corrected chi connectivity index (χ3v) is 6.99. The number of carbonyl (C=O) groups excluding carboxylic acids is 2. The maximum atomic E-state index is 14.1. The van der Waals surface area contributed by atoms with Gasteiger partial charge in [0, 0.05) is 6.54 Å². The van der Waals surface area contributed by atoms with Gasteiger partial charge in [-0.2, -0.15) is 0 Å². The van der Waals surface area contributed by atoms with E-state index in [0.29, 0.717) is 30.9 Å². The van der Waals surface area contributed by atoms with Crippen molar-refractivity contribution in [1.82, 2.24) is 4.90 Å². The van der Waals surface area contributed by atoms with Crippen molar-refractivity contribution >= 4 is 11.9 Å². The molecule has 194 valence electrons. The van der Waals surface area contributed by atoms with Crippen molar-refractivity contribution in [3.63, 3.8) is 0 Å². The second-order valence-corrected chi connectivity index (χ2v) is 9.23. The summed E-state index contributed by atoms with van der Waals surface area (Å²) < 4.78 is 21.5. The van der Waals surface area contributed by atoms with Crippen LogP contribution in [0.5, 0.6) is 17.2 Å². The highest BCUT2D eigenvalue weighted by Gasteiger charge is 2.40. The molecule has 1 aliphatic carbocycles. The number of phenolic OH excluding ortho intramolecular Hbond substituents is 1. The average Bonchev–Trinajstić information content (AvgIpc) is 2.88. The van der Waals surface area contributed by atoms with Gasteiger partial charge in [-0.3, -0.25) is 4.79 Å². The van der Waals surface area contributed by atoms with Gasteiger partial charge in [-0.1, -0.05) is 25.3 Å². The third-order valence-electron chi connectivity index (χ3n) is 6.99. The number of phenols is 1. The Hall–Kier alpha value is -2.74. The Morgan fingerprint density at radius 3 is 2.51 bits per heavy atom. The molecule has 2 fully saturated rings. The van der Waals surface area contributed by atoms with E-state index < -0.39 is 17.9 Å². The Kier molecular flexibility index (Phi) is 10.3. The van der Waals surface area contributed by atoms with Gasteiger partial charge in [-0.15, -0.1) is 6.58 Å². The van der Waals surface area contributed by atoms with E-state index in [1.54, 1.807) is 23.1 Å². The molecule has 1 aromatic carbocycles. The molecule has 0 aromatic heterocycles. The number of methoxy groups -OCH3 is 2. The van der Waals surface area contributed by atoms with Crippen molar-refractivity contribution in [2.75, 3.05) is 40.6 Å². The van der Waals surface area contributed by atoms with Crippen LogP contribution in [0.15, 0.2) is 24.8 Å². The third kappa shape index (κ3) is 6.69. The minimum Gasteiger partial charge on any atom is -0.504 e. The number of hydrogen-bond acceptors (Lipinski definition) is 7. The molecular formula is C27H39NO7. The fraction of sp³-hybridized carbons (Fsp3) is 0.630. The van der Waals surface area contributed by atoms with E-state index in [-0.39, 0.29) is 36.5 Å². The van der Waals surface area contributed by atoms with Crippen LogP contribution in [0.4, 0.5) is 0 Å². The fourth-order valence-corrected chi connectivity index (χ4v) is 5.31. The average molecular weight is 490 g/mol. The van der Waals surface area contributed by atoms with Gasteiger partial charge in [-0.25, -0.2) is 4.79 Å². The fourth-order valence-electron chi connectivity index (χ4n) is 5.31. The molecule has 8 nitrogen and oxygen atoms in total. The van der Waals surface area contributed by atoms with Crippen molar-refractivity contribution in [2.24, 2.45) is 5.92 Å². The van der Waals surface area contributed by atoms with Crippen LogP contribution in [0.25, 0.3) is 0 Å². The molecule has 1 saturated heterocycles. The van der Waals surface area contributed by atoms with E-state index in [1.165, 1.54) is 14.2 Å². The Labute approximate surface area is 208 Å². The first-order chi connectivity index (χ1) is 17.0. The second kappa shape index (κ2) is 13.4. The van der Waals surface area contributed by atoms with E-state index >= 15 is 0 Å². The molecule has 1 heterocycles. The molecule has 1 aromatic rings. The number of piperidine rings is 1. The lowest BCUT2D eigenvalue weighted by Crippen LogP contribution is -2.51. The van der Waals surface area contributed by atoms with Gasteiger partial charge in [0.05, 0.1) is 33.4 Å². The van der Waals surface area contributed by atoms with Crippen LogP contribution in [0.2, 0.25) is 0 Å². The lowest BCUT2D eigenvalue weighted by molar-refractivity contribution is -0.159. The molecular weight excluding hydrogens is 450 g/mol. The summed E-state index contributed by atoms with van der Waals surface area (Å²) in [5.74, 6) is -0.283. The second-order valence-electron chi connectivity index (χ2n) is 9.23. The van der Waals surface area contributed by atoms with Crippen LogP contribution < -0.4 is 9.47 Å². The quantitative estimate of drug-likeness (QED) is 0.283. The van der Waals surface area contributed by atoms with Gasteiger partial charge in [0.15, 0.2) is 11.5 Å². The van der Waals surface area contributed by atoms with Gasteiger partial charge >= 0.3 is 5.97 Å². The Bertz CT molecular complexity index is 865. The number of ether oxygens (including phenoxy) is 4. The summed E-state index contributed by atoms with van der Waals surface area (Å²) in [6.07, 6.45) is 9.04. The number of carbonyl (C=O) groups is 2. The largest absolute Gasteiger partial charge is 0.504 e. The van der Waals surface area contributed by atoms with Crippen molar-refractivity contribution < 1.29 is 33.6 Å². The zero-order chi connectivity index (χ0) is 25.2. The van der Waals surface area contributed by atoms with E-state index in [2.05, 4.69) is 6.58 Å².